The van der Waals surface area contributed by atoms with Crippen molar-refractivity contribution >= 4 is 15.9 Å². The van der Waals surface area contributed by atoms with E-state index in [4.69, 9.17) is 0 Å². The topological polar surface area (TPSA) is 12.0 Å². The molecule has 1 aliphatic heterocycles. The van der Waals surface area contributed by atoms with Crippen molar-refractivity contribution in [3.63, 3.8) is 0 Å². The Balaban J connectivity index is 2.29. The van der Waals surface area contributed by atoms with Gasteiger partial charge in [-0.3, -0.25) is 0 Å². The van der Waals surface area contributed by atoms with Crippen LogP contribution in [-0.4, -0.2) is 13.1 Å². The van der Waals surface area contributed by atoms with Crippen LogP contribution < -0.4 is 5.32 Å². The van der Waals surface area contributed by atoms with Gasteiger partial charge in [-0.25, -0.2) is 4.39 Å². The molecule has 0 radical (unpaired) electrons. The molecule has 1 N–H and O–H groups in total. The monoisotopic (exact) mass is 285 g/mol. The van der Waals surface area contributed by atoms with Crippen molar-refractivity contribution in [3.05, 3.63) is 33.5 Å². The molecule has 1 atom stereocenters. The molecule has 0 saturated carbocycles. The molecule has 1 heterocycles. The molecule has 0 aliphatic carbocycles. The first kappa shape index (κ1) is 12.1. The molecule has 0 amide bonds. The Kier molecular flexibility index (Phi) is 3.98. The van der Waals surface area contributed by atoms with E-state index in [-0.39, 0.29) is 5.82 Å². The molecule has 1 aromatic carbocycles. The molecule has 1 unspecified atom stereocenters. The van der Waals surface area contributed by atoms with Crippen LogP contribution in [-0.2, 0) is 6.42 Å². The van der Waals surface area contributed by atoms with E-state index in [0.29, 0.717) is 10.4 Å². The summed E-state index contributed by atoms with van der Waals surface area (Å²) in [6, 6.07) is 3.96. The van der Waals surface area contributed by atoms with Gasteiger partial charge in [0.2, 0.25) is 0 Å². The van der Waals surface area contributed by atoms with Gasteiger partial charge in [0.1, 0.15) is 5.82 Å². The summed E-state index contributed by atoms with van der Waals surface area (Å²) in [5, 5.41) is 3.40. The summed E-state index contributed by atoms with van der Waals surface area (Å²) in [4.78, 5) is 0. The van der Waals surface area contributed by atoms with E-state index in [2.05, 4.69) is 21.2 Å². The fourth-order valence-electron chi connectivity index (χ4n) is 2.30. The molecule has 0 aromatic heterocycles. The Morgan fingerprint density at radius 2 is 2.31 bits per heavy atom. The van der Waals surface area contributed by atoms with Gasteiger partial charge < -0.3 is 5.32 Å². The van der Waals surface area contributed by atoms with E-state index in [1.165, 1.54) is 18.4 Å². The molecule has 0 bridgehead atoms. The third kappa shape index (κ3) is 2.46. The fourth-order valence-corrected chi connectivity index (χ4v) is 2.82. The smallest absolute Gasteiger partial charge is 0.140 e. The highest BCUT2D eigenvalue weighted by Crippen LogP contribution is 2.29. The summed E-state index contributed by atoms with van der Waals surface area (Å²) in [6.07, 6.45) is 3.16. The molecule has 1 fully saturated rings. The lowest BCUT2D eigenvalue weighted by atomic mass is 9.90. The van der Waals surface area contributed by atoms with Crippen LogP contribution in [0.15, 0.2) is 16.6 Å². The molecular weight excluding hydrogens is 269 g/mol. The number of piperidine rings is 1. The number of aryl methyl sites for hydroxylation is 1. The van der Waals surface area contributed by atoms with Gasteiger partial charge in [0, 0.05) is 6.54 Å². The van der Waals surface area contributed by atoms with E-state index in [1.54, 1.807) is 0 Å². The lowest BCUT2D eigenvalue weighted by molar-refractivity contribution is 0.460. The molecule has 88 valence electrons. The van der Waals surface area contributed by atoms with Crippen molar-refractivity contribution in [1.82, 2.24) is 5.32 Å². The van der Waals surface area contributed by atoms with E-state index in [0.717, 1.165) is 25.1 Å². The van der Waals surface area contributed by atoms with Gasteiger partial charge in [-0.2, -0.15) is 0 Å². The summed E-state index contributed by atoms with van der Waals surface area (Å²) < 4.78 is 14.3. The van der Waals surface area contributed by atoms with Crippen molar-refractivity contribution in [1.29, 1.82) is 0 Å². The van der Waals surface area contributed by atoms with Crippen LogP contribution in [0.2, 0.25) is 0 Å². The zero-order chi connectivity index (χ0) is 11.5. The van der Waals surface area contributed by atoms with Gasteiger partial charge in [0.15, 0.2) is 0 Å². The van der Waals surface area contributed by atoms with Crippen LogP contribution in [0.3, 0.4) is 0 Å². The van der Waals surface area contributed by atoms with Crippen molar-refractivity contribution in [2.75, 3.05) is 13.1 Å². The zero-order valence-corrected chi connectivity index (χ0v) is 11.1. The van der Waals surface area contributed by atoms with Crippen LogP contribution >= 0.6 is 15.9 Å². The van der Waals surface area contributed by atoms with Crippen LogP contribution in [0.1, 0.15) is 36.8 Å². The fraction of sp³-hybridized carbons (Fsp3) is 0.538. The highest BCUT2D eigenvalue weighted by Gasteiger charge is 2.17. The van der Waals surface area contributed by atoms with Crippen molar-refractivity contribution in [2.24, 2.45) is 0 Å². The predicted molar refractivity (Wildman–Crippen MR) is 68.3 cm³/mol. The highest BCUT2D eigenvalue weighted by molar-refractivity contribution is 9.10. The molecule has 3 heteroatoms. The van der Waals surface area contributed by atoms with Gasteiger partial charge in [-0.05, 0) is 64.8 Å². The first-order valence-corrected chi connectivity index (χ1v) is 6.70. The Labute approximate surface area is 105 Å². The van der Waals surface area contributed by atoms with E-state index in [9.17, 15) is 4.39 Å². The minimum Gasteiger partial charge on any atom is -0.316 e. The molecule has 16 heavy (non-hydrogen) atoms. The van der Waals surface area contributed by atoms with Gasteiger partial charge in [0.05, 0.1) is 4.47 Å². The maximum Gasteiger partial charge on any atom is 0.140 e. The molecule has 1 nitrogen and oxygen atoms in total. The number of halogens is 2. The average Bonchev–Trinajstić information content (AvgIpc) is 2.33. The molecule has 1 aromatic rings. The Morgan fingerprint density at radius 3 is 2.94 bits per heavy atom. The number of rotatable bonds is 2. The maximum absolute atomic E-state index is 13.7. The number of hydrogen-bond acceptors (Lipinski definition) is 1. The number of hydrogen-bond donors (Lipinski definition) is 1. The zero-order valence-electron chi connectivity index (χ0n) is 9.52. The third-order valence-electron chi connectivity index (χ3n) is 3.28. The van der Waals surface area contributed by atoms with Crippen molar-refractivity contribution in [2.45, 2.75) is 32.1 Å². The highest BCUT2D eigenvalue weighted by atomic mass is 79.9. The quantitative estimate of drug-likeness (QED) is 0.875. The van der Waals surface area contributed by atoms with Gasteiger partial charge in [-0.15, -0.1) is 0 Å². The lowest BCUT2D eigenvalue weighted by Gasteiger charge is -2.24. The van der Waals surface area contributed by atoms with Crippen LogP contribution in [0.4, 0.5) is 4.39 Å². The van der Waals surface area contributed by atoms with E-state index < -0.39 is 0 Å². The van der Waals surface area contributed by atoms with Crippen LogP contribution in [0, 0.1) is 5.82 Å². The number of nitrogens with one attached hydrogen (secondary N) is 1. The molecule has 0 spiro atoms. The summed E-state index contributed by atoms with van der Waals surface area (Å²) in [5.41, 5.74) is 2.08. The van der Waals surface area contributed by atoms with E-state index >= 15 is 0 Å². The third-order valence-corrected chi connectivity index (χ3v) is 3.85. The largest absolute Gasteiger partial charge is 0.316 e. The Bertz CT molecular complexity index is 372. The van der Waals surface area contributed by atoms with Gasteiger partial charge in [0.25, 0.3) is 0 Å². The summed E-state index contributed by atoms with van der Waals surface area (Å²) in [5.74, 6) is 0.436. The Hall–Kier alpha value is -0.410. The number of benzene rings is 1. The standard InChI is InChI=1S/C13H17BrFN/c1-2-9-6-11(7-12(14)13(9)15)10-4-3-5-16-8-10/h6-7,10,16H,2-5,8H2,1H3. The van der Waals surface area contributed by atoms with Crippen molar-refractivity contribution < 1.29 is 4.39 Å². The van der Waals surface area contributed by atoms with Crippen molar-refractivity contribution in [3.8, 4) is 0 Å². The second-order valence-corrected chi connectivity index (χ2v) is 5.23. The van der Waals surface area contributed by atoms with E-state index in [1.807, 2.05) is 19.1 Å². The van der Waals surface area contributed by atoms with Gasteiger partial charge in [-0.1, -0.05) is 13.0 Å². The second kappa shape index (κ2) is 5.28. The SMILES string of the molecule is CCc1cc(C2CCCNC2)cc(Br)c1F. The summed E-state index contributed by atoms with van der Waals surface area (Å²) in [7, 11) is 0. The normalized spacial score (nSPS) is 21.1. The maximum atomic E-state index is 13.7. The average molecular weight is 286 g/mol. The first-order chi connectivity index (χ1) is 7.72. The second-order valence-electron chi connectivity index (χ2n) is 4.37. The first-order valence-electron chi connectivity index (χ1n) is 5.91. The van der Waals surface area contributed by atoms with Crippen LogP contribution in [0.5, 0.6) is 0 Å². The van der Waals surface area contributed by atoms with Gasteiger partial charge >= 0.3 is 0 Å². The molecule has 1 aliphatic rings. The minimum absolute atomic E-state index is 0.102. The van der Waals surface area contributed by atoms with Crippen LogP contribution in [0.25, 0.3) is 0 Å². The summed E-state index contributed by atoms with van der Waals surface area (Å²) >= 11 is 3.31. The molecular formula is C13H17BrFN. The molecule has 1 saturated heterocycles. The molecule has 2 rings (SSSR count). The minimum atomic E-state index is -0.102. The lowest BCUT2D eigenvalue weighted by Crippen LogP contribution is -2.28. The predicted octanol–water partition coefficient (Wildman–Crippen LogP) is 3.62. The summed E-state index contributed by atoms with van der Waals surface area (Å²) in [6.45, 7) is 4.12. The Morgan fingerprint density at radius 1 is 1.50 bits per heavy atom.